The molecule has 0 saturated carbocycles. The van der Waals surface area contributed by atoms with Crippen LogP contribution in [0, 0.1) is 5.92 Å². The predicted octanol–water partition coefficient (Wildman–Crippen LogP) is 3.12. The zero-order chi connectivity index (χ0) is 16.7. The van der Waals surface area contributed by atoms with Crippen molar-refractivity contribution in [3.05, 3.63) is 42.0 Å². The summed E-state index contributed by atoms with van der Waals surface area (Å²) >= 11 is 0. The van der Waals surface area contributed by atoms with E-state index in [-0.39, 0.29) is 30.2 Å². The average molecular weight is 315 g/mol. The van der Waals surface area contributed by atoms with Gasteiger partial charge < -0.3 is 10.1 Å². The van der Waals surface area contributed by atoms with Crippen LogP contribution < -0.4 is 5.32 Å². The van der Waals surface area contributed by atoms with Crippen LogP contribution in [0.4, 0.5) is 5.69 Å². The third-order valence-corrected chi connectivity index (χ3v) is 3.76. The predicted molar refractivity (Wildman–Crippen MR) is 87.1 cm³/mol. The minimum Gasteiger partial charge on any atom is -0.457 e. The first-order valence-corrected chi connectivity index (χ1v) is 7.85. The standard InChI is InChI=1S/C18H21NO4/c1-2-17(21)19-15-10-8-13(9-11-15)16(20)12-23-18(22)14-6-4-3-5-7-14/h3-4,8-11,14H,2,5-7,12H2,1H3,(H,19,21)/t14-/m1/s1. The van der Waals surface area contributed by atoms with Crippen LogP contribution in [-0.4, -0.2) is 24.3 Å². The lowest BCUT2D eigenvalue weighted by Crippen LogP contribution is -2.22. The van der Waals surface area contributed by atoms with E-state index < -0.39 is 0 Å². The fraction of sp³-hybridized carbons (Fsp3) is 0.389. The van der Waals surface area contributed by atoms with Gasteiger partial charge in [-0.25, -0.2) is 0 Å². The third-order valence-electron chi connectivity index (χ3n) is 3.76. The molecule has 0 aliphatic heterocycles. The molecule has 2 rings (SSSR count). The van der Waals surface area contributed by atoms with Gasteiger partial charge in [-0.15, -0.1) is 0 Å². The van der Waals surface area contributed by atoms with Crippen LogP contribution in [-0.2, 0) is 14.3 Å². The van der Waals surface area contributed by atoms with Crippen LogP contribution in [0.15, 0.2) is 36.4 Å². The van der Waals surface area contributed by atoms with Gasteiger partial charge in [-0.1, -0.05) is 19.1 Å². The molecular formula is C18H21NO4. The van der Waals surface area contributed by atoms with Gasteiger partial charge in [-0.2, -0.15) is 0 Å². The molecule has 1 aliphatic rings. The summed E-state index contributed by atoms with van der Waals surface area (Å²) in [5.41, 5.74) is 1.09. The van der Waals surface area contributed by atoms with Crippen LogP contribution in [0.3, 0.4) is 0 Å². The molecular weight excluding hydrogens is 294 g/mol. The maximum absolute atomic E-state index is 12.0. The lowest BCUT2D eigenvalue weighted by Gasteiger charge is -2.16. The second-order valence-corrected chi connectivity index (χ2v) is 5.49. The normalized spacial score (nSPS) is 16.7. The number of rotatable bonds is 6. The van der Waals surface area contributed by atoms with Crippen LogP contribution in [0.25, 0.3) is 0 Å². The number of anilines is 1. The highest BCUT2D eigenvalue weighted by atomic mass is 16.5. The van der Waals surface area contributed by atoms with Gasteiger partial charge in [0, 0.05) is 17.7 Å². The van der Waals surface area contributed by atoms with Gasteiger partial charge in [0.2, 0.25) is 5.91 Å². The summed E-state index contributed by atoms with van der Waals surface area (Å²) < 4.78 is 5.12. The number of esters is 1. The number of ether oxygens (including phenoxy) is 1. The zero-order valence-electron chi connectivity index (χ0n) is 13.2. The molecule has 0 aromatic heterocycles. The Kier molecular flexibility index (Phi) is 6.09. The molecule has 0 saturated heterocycles. The van der Waals surface area contributed by atoms with E-state index in [1.165, 1.54) is 0 Å². The number of nitrogens with one attached hydrogen (secondary N) is 1. The molecule has 5 nitrogen and oxygen atoms in total. The quantitative estimate of drug-likeness (QED) is 0.497. The Hall–Kier alpha value is -2.43. The van der Waals surface area contributed by atoms with Gasteiger partial charge in [0.05, 0.1) is 5.92 Å². The number of carbonyl (C=O) groups is 3. The maximum Gasteiger partial charge on any atom is 0.309 e. The molecule has 122 valence electrons. The molecule has 0 spiro atoms. The third kappa shape index (κ3) is 5.06. The lowest BCUT2D eigenvalue weighted by molar-refractivity contribution is -0.147. The fourth-order valence-corrected chi connectivity index (χ4v) is 2.33. The summed E-state index contributed by atoms with van der Waals surface area (Å²) in [7, 11) is 0. The SMILES string of the molecule is CCC(=O)Nc1ccc(C(=O)COC(=O)[C@@H]2CC=CCC2)cc1. The van der Waals surface area contributed by atoms with Crippen molar-refractivity contribution in [1.82, 2.24) is 0 Å². The Morgan fingerprint density at radius 2 is 1.91 bits per heavy atom. The summed E-state index contributed by atoms with van der Waals surface area (Å²) in [6.07, 6.45) is 6.74. The van der Waals surface area contributed by atoms with Crippen LogP contribution >= 0.6 is 0 Å². The van der Waals surface area contributed by atoms with Gasteiger partial charge in [0.25, 0.3) is 0 Å². The second-order valence-electron chi connectivity index (χ2n) is 5.49. The fourth-order valence-electron chi connectivity index (χ4n) is 2.33. The number of Topliss-reactive ketones (excluding diaryl/α,β-unsaturated/α-hetero) is 1. The number of ketones is 1. The number of benzene rings is 1. The molecule has 1 atom stereocenters. The van der Waals surface area contributed by atoms with Crippen LogP contribution in [0.5, 0.6) is 0 Å². The van der Waals surface area contributed by atoms with Crippen molar-refractivity contribution in [2.75, 3.05) is 11.9 Å². The van der Waals surface area contributed by atoms with E-state index in [1.54, 1.807) is 31.2 Å². The number of allylic oxidation sites excluding steroid dienone is 2. The van der Waals surface area contributed by atoms with Gasteiger partial charge in [-0.3, -0.25) is 14.4 Å². The number of hydrogen-bond acceptors (Lipinski definition) is 4. The van der Waals surface area contributed by atoms with Crippen molar-refractivity contribution in [1.29, 1.82) is 0 Å². The highest BCUT2D eigenvalue weighted by Gasteiger charge is 2.21. The van der Waals surface area contributed by atoms with Crippen molar-refractivity contribution >= 4 is 23.3 Å². The summed E-state index contributed by atoms with van der Waals surface area (Å²) in [6.45, 7) is 1.52. The molecule has 1 aromatic rings. The molecule has 0 radical (unpaired) electrons. The largest absolute Gasteiger partial charge is 0.457 e. The average Bonchev–Trinajstić information content (AvgIpc) is 2.60. The molecule has 0 fully saturated rings. The van der Waals surface area contributed by atoms with Crippen LogP contribution in [0.1, 0.15) is 43.0 Å². The van der Waals surface area contributed by atoms with Crippen molar-refractivity contribution < 1.29 is 19.1 Å². The van der Waals surface area contributed by atoms with E-state index in [4.69, 9.17) is 4.74 Å². The maximum atomic E-state index is 12.0. The van der Waals surface area contributed by atoms with E-state index in [9.17, 15) is 14.4 Å². The van der Waals surface area contributed by atoms with Crippen molar-refractivity contribution in [3.63, 3.8) is 0 Å². The molecule has 0 heterocycles. The number of carbonyl (C=O) groups excluding carboxylic acids is 3. The van der Waals surface area contributed by atoms with Gasteiger partial charge in [0.1, 0.15) is 0 Å². The van der Waals surface area contributed by atoms with E-state index in [1.807, 2.05) is 12.2 Å². The monoisotopic (exact) mass is 315 g/mol. The first kappa shape index (κ1) is 16.9. The number of amides is 1. The molecule has 23 heavy (non-hydrogen) atoms. The van der Waals surface area contributed by atoms with E-state index in [0.717, 1.165) is 12.8 Å². The first-order chi connectivity index (χ1) is 11.1. The minimum atomic E-state index is -0.311. The van der Waals surface area contributed by atoms with Crippen molar-refractivity contribution in [3.8, 4) is 0 Å². The lowest BCUT2D eigenvalue weighted by atomic mass is 9.95. The molecule has 5 heteroatoms. The minimum absolute atomic E-state index is 0.0838. The summed E-state index contributed by atoms with van der Waals surface area (Å²) in [5, 5.41) is 2.71. The van der Waals surface area contributed by atoms with Gasteiger partial charge >= 0.3 is 5.97 Å². The first-order valence-electron chi connectivity index (χ1n) is 7.85. The van der Waals surface area contributed by atoms with Crippen LogP contribution in [0.2, 0.25) is 0 Å². The topological polar surface area (TPSA) is 72.5 Å². The van der Waals surface area contributed by atoms with Gasteiger partial charge in [-0.05, 0) is 43.5 Å². The Labute approximate surface area is 135 Å². The van der Waals surface area contributed by atoms with Crippen molar-refractivity contribution in [2.24, 2.45) is 5.92 Å². The highest BCUT2D eigenvalue weighted by molar-refractivity contribution is 5.98. The smallest absolute Gasteiger partial charge is 0.309 e. The highest BCUT2D eigenvalue weighted by Crippen LogP contribution is 2.19. The molecule has 1 N–H and O–H groups in total. The zero-order valence-corrected chi connectivity index (χ0v) is 13.2. The van der Waals surface area contributed by atoms with Gasteiger partial charge in [0.15, 0.2) is 12.4 Å². The summed E-state index contributed by atoms with van der Waals surface area (Å²) in [6, 6.07) is 6.55. The summed E-state index contributed by atoms with van der Waals surface area (Å²) in [5.74, 6) is -0.786. The molecule has 0 unspecified atom stereocenters. The molecule has 0 bridgehead atoms. The van der Waals surface area contributed by atoms with Crippen molar-refractivity contribution in [2.45, 2.75) is 32.6 Å². The van der Waals surface area contributed by atoms with E-state index >= 15 is 0 Å². The second kappa shape index (κ2) is 8.27. The van der Waals surface area contributed by atoms with E-state index in [2.05, 4.69) is 5.32 Å². The Bertz CT molecular complexity index is 604. The Morgan fingerprint density at radius 3 is 2.52 bits per heavy atom. The number of hydrogen-bond donors (Lipinski definition) is 1. The molecule has 1 amide bonds. The van der Waals surface area contributed by atoms with E-state index in [0.29, 0.717) is 24.1 Å². The molecule has 1 aromatic carbocycles. The summed E-state index contributed by atoms with van der Waals surface area (Å²) in [4.78, 5) is 35.2. The Morgan fingerprint density at radius 1 is 1.17 bits per heavy atom. The molecule has 1 aliphatic carbocycles. The Balaban J connectivity index is 1.84.